The highest BCUT2D eigenvalue weighted by Crippen LogP contribution is 2.21. The second kappa shape index (κ2) is 11.2. The largest absolute Gasteiger partial charge is 0.491 e. The Morgan fingerprint density at radius 1 is 1.22 bits per heavy atom. The maximum Gasteiger partial charge on any atom is 0.191 e. The van der Waals surface area contributed by atoms with Crippen LogP contribution in [0.2, 0.25) is 0 Å². The smallest absolute Gasteiger partial charge is 0.191 e. The summed E-state index contributed by atoms with van der Waals surface area (Å²) in [5, 5.41) is 10.6. The van der Waals surface area contributed by atoms with E-state index < -0.39 is 0 Å². The number of nitrogens with one attached hydrogen (secondary N) is 2. The molecule has 0 saturated heterocycles. The second-order valence-corrected chi connectivity index (χ2v) is 6.01. The summed E-state index contributed by atoms with van der Waals surface area (Å²) >= 11 is 0. The van der Waals surface area contributed by atoms with Gasteiger partial charge >= 0.3 is 0 Å². The summed E-state index contributed by atoms with van der Waals surface area (Å²) in [6.07, 6.45) is 1.54. The van der Waals surface area contributed by atoms with Crippen molar-refractivity contribution in [1.82, 2.24) is 25.4 Å². The molecule has 2 rings (SSSR count). The molecule has 27 heavy (non-hydrogen) atoms. The molecule has 0 bridgehead atoms. The fourth-order valence-electron chi connectivity index (χ4n) is 2.43. The third kappa shape index (κ3) is 6.90. The number of aliphatic imine (C=N–C) groups is 1. The molecule has 0 atom stereocenters. The Balaban J connectivity index is 2.02. The first-order valence-corrected chi connectivity index (χ1v) is 9.29. The molecule has 0 aliphatic carbocycles. The zero-order chi connectivity index (χ0) is 19.5. The van der Waals surface area contributed by atoms with Crippen LogP contribution in [0.1, 0.15) is 30.8 Å². The molecule has 8 nitrogen and oxygen atoms in total. The van der Waals surface area contributed by atoms with Crippen molar-refractivity contribution >= 4 is 5.96 Å². The SMILES string of the molecule is CCNC(=NCc1ccc(C)cc1OCCOCC)NCc1ncnn1C. The molecule has 1 aromatic carbocycles. The Hall–Kier alpha value is -2.61. The van der Waals surface area contributed by atoms with Crippen molar-refractivity contribution in [2.45, 2.75) is 33.9 Å². The summed E-state index contributed by atoms with van der Waals surface area (Å²) in [5.74, 6) is 2.42. The highest BCUT2D eigenvalue weighted by atomic mass is 16.5. The van der Waals surface area contributed by atoms with E-state index in [-0.39, 0.29) is 0 Å². The van der Waals surface area contributed by atoms with Gasteiger partial charge in [-0.05, 0) is 32.4 Å². The van der Waals surface area contributed by atoms with E-state index in [1.54, 1.807) is 11.0 Å². The molecule has 0 spiro atoms. The van der Waals surface area contributed by atoms with Crippen LogP contribution in [0.4, 0.5) is 0 Å². The average molecular weight is 374 g/mol. The van der Waals surface area contributed by atoms with Crippen molar-refractivity contribution in [2.75, 3.05) is 26.4 Å². The van der Waals surface area contributed by atoms with Crippen molar-refractivity contribution in [1.29, 1.82) is 0 Å². The Morgan fingerprint density at radius 3 is 2.78 bits per heavy atom. The van der Waals surface area contributed by atoms with Gasteiger partial charge in [-0.3, -0.25) is 4.68 Å². The lowest BCUT2D eigenvalue weighted by molar-refractivity contribution is 0.110. The van der Waals surface area contributed by atoms with Crippen LogP contribution in [0.25, 0.3) is 0 Å². The van der Waals surface area contributed by atoms with E-state index in [1.165, 1.54) is 0 Å². The van der Waals surface area contributed by atoms with Crippen molar-refractivity contribution < 1.29 is 9.47 Å². The first-order chi connectivity index (χ1) is 13.1. The normalized spacial score (nSPS) is 11.5. The Bertz CT molecular complexity index is 729. The van der Waals surface area contributed by atoms with Gasteiger partial charge in [0.05, 0.1) is 19.7 Å². The van der Waals surface area contributed by atoms with E-state index in [1.807, 2.05) is 27.0 Å². The first-order valence-electron chi connectivity index (χ1n) is 9.29. The second-order valence-electron chi connectivity index (χ2n) is 6.01. The Kier molecular flexibility index (Phi) is 8.57. The molecular weight excluding hydrogens is 344 g/mol. The van der Waals surface area contributed by atoms with Gasteiger partial charge in [-0.15, -0.1) is 0 Å². The van der Waals surface area contributed by atoms with E-state index >= 15 is 0 Å². The zero-order valence-corrected chi connectivity index (χ0v) is 16.7. The van der Waals surface area contributed by atoms with Crippen LogP contribution in [-0.2, 0) is 24.9 Å². The van der Waals surface area contributed by atoms with Crippen LogP contribution in [0.15, 0.2) is 29.5 Å². The maximum absolute atomic E-state index is 5.89. The monoisotopic (exact) mass is 374 g/mol. The topological polar surface area (TPSA) is 85.6 Å². The molecule has 1 aromatic heterocycles. The van der Waals surface area contributed by atoms with Gasteiger partial charge in [0.1, 0.15) is 24.5 Å². The van der Waals surface area contributed by atoms with Crippen molar-refractivity contribution in [3.63, 3.8) is 0 Å². The number of aryl methyl sites for hydroxylation is 2. The van der Waals surface area contributed by atoms with Gasteiger partial charge in [0.2, 0.25) is 0 Å². The van der Waals surface area contributed by atoms with Crippen LogP contribution in [-0.4, -0.2) is 47.1 Å². The fourth-order valence-corrected chi connectivity index (χ4v) is 2.43. The summed E-state index contributed by atoms with van der Waals surface area (Å²) in [4.78, 5) is 8.89. The summed E-state index contributed by atoms with van der Waals surface area (Å²) in [6.45, 7) is 9.69. The molecule has 0 saturated carbocycles. The number of benzene rings is 1. The molecule has 0 amide bonds. The molecule has 2 N–H and O–H groups in total. The van der Waals surface area contributed by atoms with Crippen LogP contribution in [0.3, 0.4) is 0 Å². The number of nitrogens with zero attached hydrogens (tertiary/aromatic N) is 4. The quantitative estimate of drug-likeness (QED) is 0.375. The molecule has 0 radical (unpaired) electrons. The molecule has 0 unspecified atom stereocenters. The zero-order valence-electron chi connectivity index (χ0n) is 16.7. The number of guanidine groups is 1. The number of hydrogen-bond donors (Lipinski definition) is 2. The number of rotatable bonds is 10. The minimum atomic E-state index is 0.512. The van der Waals surface area contributed by atoms with Crippen LogP contribution in [0, 0.1) is 6.92 Å². The molecule has 148 valence electrons. The van der Waals surface area contributed by atoms with Gasteiger partial charge in [0, 0.05) is 25.8 Å². The van der Waals surface area contributed by atoms with Gasteiger partial charge in [-0.25, -0.2) is 9.98 Å². The summed E-state index contributed by atoms with van der Waals surface area (Å²) in [7, 11) is 1.87. The summed E-state index contributed by atoms with van der Waals surface area (Å²) in [5.41, 5.74) is 2.19. The third-order valence-corrected chi connectivity index (χ3v) is 3.88. The average Bonchev–Trinajstić information content (AvgIpc) is 3.07. The highest BCUT2D eigenvalue weighted by Gasteiger charge is 2.06. The fraction of sp³-hybridized carbons (Fsp3) is 0.526. The summed E-state index contributed by atoms with van der Waals surface area (Å²) in [6, 6.07) is 6.16. The molecule has 2 aromatic rings. The molecule has 8 heteroatoms. The van der Waals surface area contributed by atoms with E-state index in [0.717, 1.165) is 35.2 Å². The van der Waals surface area contributed by atoms with E-state index in [2.05, 4.69) is 44.8 Å². The van der Waals surface area contributed by atoms with Gasteiger partial charge in [-0.1, -0.05) is 12.1 Å². The predicted molar refractivity (Wildman–Crippen MR) is 106 cm³/mol. The third-order valence-electron chi connectivity index (χ3n) is 3.88. The lowest BCUT2D eigenvalue weighted by Crippen LogP contribution is -2.37. The summed E-state index contributed by atoms with van der Waals surface area (Å²) < 4.78 is 13.0. The molecule has 0 fully saturated rings. The van der Waals surface area contributed by atoms with E-state index in [0.29, 0.717) is 32.9 Å². The number of ether oxygens (including phenoxy) is 2. The lowest BCUT2D eigenvalue weighted by Gasteiger charge is -2.13. The minimum Gasteiger partial charge on any atom is -0.491 e. The molecular formula is C19H30N6O2. The lowest BCUT2D eigenvalue weighted by atomic mass is 10.1. The van der Waals surface area contributed by atoms with Crippen molar-refractivity contribution in [3.05, 3.63) is 41.5 Å². The Morgan fingerprint density at radius 2 is 2.07 bits per heavy atom. The van der Waals surface area contributed by atoms with Gasteiger partial charge in [-0.2, -0.15) is 5.10 Å². The number of hydrogen-bond acceptors (Lipinski definition) is 5. The van der Waals surface area contributed by atoms with Gasteiger partial charge in [0.15, 0.2) is 5.96 Å². The Labute approximate surface area is 161 Å². The molecule has 0 aliphatic heterocycles. The highest BCUT2D eigenvalue weighted by molar-refractivity contribution is 5.79. The minimum absolute atomic E-state index is 0.512. The first kappa shape index (κ1) is 20.7. The standard InChI is InChI=1S/C19H30N6O2/c1-5-20-19(22-13-18-23-14-24-25(18)4)21-12-16-8-7-15(3)11-17(16)27-10-9-26-6-2/h7-8,11,14H,5-6,9-10,12-13H2,1-4H3,(H2,20,21,22). The van der Waals surface area contributed by atoms with Crippen molar-refractivity contribution in [2.24, 2.45) is 12.0 Å². The van der Waals surface area contributed by atoms with Crippen LogP contribution < -0.4 is 15.4 Å². The van der Waals surface area contributed by atoms with E-state index in [4.69, 9.17) is 9.47 Å². The van der Waals surface area contributed by atoms with E-state index in [9.17, 15) is 0 Å². The van der Waals surface area contributed by atoms with Crippen molar-refractivity contribution in [3.8, 4) is 5.75 Å². The predicted octanol–water partition coefficient (Wildman–Crippen LogP) is 1.79. The van der Waals surface area contributed by atoms with Crippen LogP contribution in [0.5, 0.6) is 5.75 Å². The maximum atomic E-state index is 5.89. The van der Waals surface area contributed by atoms with Crippen LogP contribution >= 0.6 is 0 Å². The molecule has 1 heterocycles. The molecule has 0 aliphatic rings. The van der Waals surface area contributed by atoms with Gasteiger partial charge < -0.3 is 20.1 Å². The van der Waals surface area contributed by atoms with Gasteiger partial charge in [0.25, 0.3) is 0 Å². The number of aromatic nitrogens is 3.